The molecule has 190 valence electrons. The number of hydrogen-bond acceptors (Lipinski definition) is 5. The fraction of sp³-hybridized carbons (Fsp3) is 0.643. The van der Waals surface area contributed by atoms with Gasteiger partial charge in [-0.3, -0.25) is 9.59 Å². The molecule has 0 saturated heterocycles. The van der Waals surface area contributed by atoms with Gasteiger partial charge in [0.15, 0.2) is 0 Å². The summed E-state index contributed by atoms with van der Waals surface area (Å²) in [6, 6.07) is 10.2. The first-order valence-corrected chi connectivity index (χ1v) is 13.0. The van der Waals surface area contributed by atoms with Crippen LogP contribution in [-0.2, 0) is 20.7 Å². The average molecular weight is 474 g/mol. The van der Waals surface area contributed by atoms with E-state index in [9.17, 15) is 19.8 Å². The second-order valence-corrected chi connectivity index (χ2v) is 9.32. The quantitative estimate of drug-likeness (QED) is 0.200. The van der Waals surface area contributed by atoms with Gasteiger partial charge < -0.3 is 20.3 Å². The topological polar surface area (TPSA) is 95.9 Å². The minimum Gasteiger partial charge on any atom is -0.462 e. The minimum absolute atomic E-state index is 0.00806. The standard InChI is InChI=1S/C28H43NO5/c1-3-28(33)34-22(17-16-21-12-8-7-9-13-21)18-19-24-23(25(30)20-26(24)31)14-10-5-6-11-15-27(32)29-4-2/h5,7-10,12-13,22-26,30-31H,3-4,6,11,14-20H2,1-2H3,(H,29,32)/b10-5-/t22-,23+,24+,25-,26+/m0/s1. The Bertz CT molecular complexity index is 750. The number of benzene rings is 1. The van der Waals surface area contributed by atoms with Crippen LogP contribution in [0.3, 0.4) is 0 Å². The largest absolute Gasteiger partial charge is 0.462 e. The molecule has 0 bridgehead atoms. The van der Waals surface area contributed by atoms with Crippen LogP contribution in [0.25, 0.3) is 0 Å². The van der Waals surface area contributed by atoms with E-state index in [1.807, 2.05) is 25.1 Å². The van der Waals surface area contributed by atoms with Crippen LogP contribution in [0.2, 0.25) is 0 Å². The molecule has 1 aliphatic rings. The van der Waals surface area contributed by atoms with Crippen LogP contribution in [0, 0.1) is 11.8 Å². The number of aliphatic hydroxyl groups is 2. The minimum atomic E-state index is -0.539. The summed E-state index contributed by atoms with van der Waals surface area (Å²) >= 11 is 0. The number of aryl methyl sites for hydroxylation is 1. The maximum absolute atomic E-state index is 12.0. The molecule has 1 fully saturated rings. The summed E-state index contributed by atoms with van der Waals surface area (Å²) in [4.78, 5) is 23.5. The Kier molecular flexibility index (Phi) is 12.9. The number of rotatable bonds is 15. The van der Waals surface area contributed by atoms with Gasteiger partial charge >= 0.3 is 5.97 Å². The highest BCUT2D eigenvalue weighted by atomic mass is 16.5. The Morgan fingerprint density at radius 1 is 1.09 bits per heavy atom. The number of carbonyl (C=O) groups excluding carboxylic acids is 2. The molecule has 1 amide bonds. The predicted octanol–water partition coefficient (Wildman–Crippen LogP) is 4.33. The highest BCUT2D eigenvalue weighted by Crippen LogP contribution is 2.38. The number of carbonyl (C=O) groups is 2. The van der Waals surface area contributed by atoms with Crippen molar-refractivity contribution in [1.82, 2.24) is 5.32 Å². The normalized spacial score (nSPS) is 23.2. The van der Waals surface area contributed by atoms with E-state index in [-0.39, 0.29) is 29.8 Å². The molecule has 0 heterocycles. The molecule has 2 rings (SSSR count). The van der Waals surface area contributed by atoms with E-state index in [1.54, 1.807) is 6.92 Å². The van der Waals surface area contributed by atoms with Crippen molar-refractivity contribution in [2.75, 3.05) is 6.54 Å². The number of aliphatic hydroxyl groups excluding tert-OH is 2. The lowest BCUT2D eigenvalue weighted by Crippen LogP contribution is -2.25. The maximum atomic E-state index is 12.0. The SMILES string of the molecule is CCNC(=O)CCC/C=C\C[C@@H]1[C@@H](CC[C@H](CCc2ccccc2)OC(=O)CC)[C@H](O)C[C@@H]1O. The number of hydrogen-bond donors (Lipinski definition) is 3. The van der Waals surface area contributed by atoms with Gasteiger partial charge in [0.2, 0.25) is 5.91 Å². The van der Waals surface area contributed by atoms with E-state index >= 15 is 0 Å². The van der Waals surface area contributed by atoms with E-state index in [0.717, 1.165) is 25.7 Å². The number of esters is 1. The van der Waals surface area contributed by atoms with Gasteiger partial charge in [-0.15, -0.1) is 0 Å². The smallest absolute Gasteiger partial charge is 0.305 e. The Labute approximate surface area is 204 Å². The second-order valence-electron chi connectivity index (χ2n) is 9.32. The third-order valence-corrected chi connectivity index (χ3v) is 6.75. The zero-order valence-electron chi connectivity index (χ0n) is 20.8. The highest BCUT2D eigenvalue weighted by Gasteiger charge is 2.40. The van der Waals surface area contributed by atoms with Crippen molar-refractivity contribution < 1.29 is 24.5 Å². The van der Waals surface area contributed by atoms with Crippen molar-refractivity contribution >= 4 is 11.9 Å². The van der Waals surface area contributed by atoms with E-state index in [4.69, 9.17) is 4.74 Å². The molecular weight excluding hydrogens is 430 g/mol. The predicted molar refractivity (Wildman–Crippen MR) is 134 cm³/mol. The van der Waals surface area contributed by atoms with Crippen LogP contribution in [-0.4, -0.2) is 46.9 Å². The number of unbranched alkanes of at least 4 members (excludes halogenated alkanes) is 1. The lowest BCUT2D eigenvalue weighted by Gasteiger charge is -2.25. The van der Waals surface area contributed by atoms with Gasteiger partial charge in [0, 0.05) is 19.4 Å². The van der Waals surface area contributed by atoms with Crippen molar-refractivity contribution in [2.45, 2.75) is 96.4 Å². The van der Waals surface area contributed by atoms with Crippen LogP contribution in [0.1, 0.15) is 77.2 Å². The Morgan fingerprint density at radius 3 is 2.53 bits per heavy atom. The Morgan fingerprint density at radius 2 is 1.82 bits per heavy atom. The first kappa shape index (κ1) is 28.1. The van der Waals surface area contributed by atoms with Gasteiger partial charge in [-0.05, 0) is 75.7 Å². The van der Waals surface area contributed by atoms with Crippen LogP contribution >= 0.6 is 0 Å². The van der Waals surface area contributed by atoms with Gasteiger partial charge in [-0.25, -0.2) is 0 Å². The number of ether oxygens (including phenoxy) is 1. The Hall–Kier alpha value is -2.18. The molecule has 6 heteroatoms. The number of nitrogens with one attached hydrogen (secondary N) is 1. The number of amides is 1. The second kappa shape index (κ2) is 15.7. The molecule has 1 aromatic rings. The molecule has 0 radical (unpaired) electrons. The van der Waals surface area contributed by atoms with Crippen LogP contribution < -0.4 is 5.32 Å². The van der Waals surface area contributed by atoms with Gasteiger partial charge in [0.1, 0.15) is 6.10 Å². The molecule has 1 aliphatic carbocycles. The molecule has 0 aliphatic heterocycles. The van der Waals surface area contributed by atoms with Crippen molar-refractivity contribution in [3.63, 3.8) is 0 Å². The molecule has 34 heavy (non-hydrogen) atoms. The summed E-state index contributed by atoms with van der Waals surface area (Å²) in [6.07, 6.45) is 9.44. The third kappa shape index (κ3) is 9.98. The fourth-order valence-electron chi connectivity index (χ4n) is 4.83. The summed E-state index contributed by atoms with van der Waals surface area (Å²) in [5, 5.41) is 23.9. The molecule has 3 N–H and O–H groups in total. The number of allylic oxidation sites excluding steroid dienone is 2. The van der Waals surface area contributed by atoms with Crippen LogP contribution in [0.4, 0.5) is 0 Å². The molecule has 0 spiro atoms. The zero-order valence-corrected chi connectivity index (χ0v) is 20.8. The van der Waals surface area contributed by atoms with Crippen molar-refractivity contribution in [2.24, 2.45) is 11.8 Å². The lowest BCUT2D eigenvalue weighted by molar-refractivity contribution is -0.149. The monoisotopic (exact) mass is 473 g/mol. The summed E-state index contributed by atoms with van der Waals surface area (Å²) in [6.45, 7) is 4.36. The molecule has 0 unspecified atom stereocenters. The molecule has 0 aromatic heterocycles. The van der Waals surface area contributed by atoms with E-state index in [2.05, 4.69) is 29.6 Å². The molecule has 1 saturated carbocycles. The first-order valence-electron chi connectivity index (χ1n) is 13.0. The molecule has 5 atom stereocenters. The fourth-order valence-corrected chi connectivity index (χ4v) is 4.83. The van der Waals surface area contributed by atoms with Crippen molar-refractivity contribution in [3.05, 3.63) is 48.0 Å². The Balaban J connectivity index is 1.86. The van der Waals surface area contributed by atoms with E-state index in [0.29, 0.717) is 45.1 Å². The van der Waals surface area contributed by atoms with E-state index in [1.165, 1.54) is 5.56 Å². The summed E-state index contributed by atoms with van der Waals surface area (Å²) in [7, 11) is 0. The summed E-state index contributed by atoms with van der Waals surface area (Å²) in [5.74, 6) is -0.145. The lowest BCUT2D eigenvalue weighted by atomic mass is 9.85. The average Bonchev–Trinajstić information content (AvgIpc) is 3.10. The van der Waals surface area contributed by atoms with Gasteiger partial charge in [-0.1, -0.05) is 49.4 Å². The summed E-state index contributed by atoms with van der Waals surface area (Å²) in [5.41, 5.74) is 1.21. The molecule has 6 nitrogen and oxygen atoms in total. The molecule has 1 aromatic carbocycles. The van der Waals surface area contributed by atoms with Crippen LogP contribution in [0.5, 0.6) is 0 Å². The van der Waals surface area contributed by atoms with Gasteiger partial charge in [0.25, 0.3) is 0 Å². The van der Waals surface area contributed by atoms with E-state index < -0.39 is 12.2 Å². The highest BCUT2D eigenvalue weighted by molar-refractivity contribution is 5.75. The van der Waals surface area contributed by atoms with Crippen LogP contribution in [0.15, 0.2) is 42.5 Å². The third-order valence-electron chi connectivity index (χ3n) is 6.75. The first-order chi connectivity index (χ1) is 16.4. The summed E-state index contributed by atoms with van der Waals surface area (Å²) < 4.78 is 5.71. The molecular formula is C28H43NO5. The van der Waals surface area contributed by atoms with Gasteiger partial charge in [0.05, 0.1) is 12.2 Å². The van der Waals surface area contributed by atoms with Crippen molar-refractivity contribution in [1.29, 1.82) is 0 Å². The zero-order chi connectivity index (χ0) is 24.8. The van der Waals surface area contributed by atoms with Gasteiger partial charge in [-0.2, -0.15) is 0 Å². The van der Waals surface area contributed by atoms with Crippen molar-refractivity contribution in [3.8, 4) is 0 Å². The maximum Gasteiger partial charge on any atom is 0.305 e.